The summed E-state index contributed by atoms with van der Waals surface area (Å²) in [6.07, 6.45) is 4.73. The van der Waals surface area contributed by atoms with Crippen LogP contribution in [0.1, 0.15) is 22.5 Å². The van der Waals surface area contributed by atoms with Gasteiger partial charge in [0.15, 0.2) is 0 Å². The number of pyridine rings is 1. The van der Waals surface area contributed by atoms with E-state index < -0.39 is 10.1 Å². The molecule has 7 nitrogen and oxygen atoms in total. The van der Waals surface area contributed by atoms with Gasteiger partial charge >= 0.3 is 0 Å². The van der Waals surface area contributed by atoms with Crippen LogP contribution in [0.25, 0.3) is 0 Å². The van der Waals surface area contributed by atoms with Crippen molar-refractivity contribution in [1.29, 1.82) is 0 Å². The van der Waals surface area contributed by atoms with Crippen LogP contribution < -0.4 is 4.74 Å². The van der Waals surface area contributed by atoms with Gasteiger partial charge in [-0.15, -0.1) is 5.10 Å². The molecule has 0 atom stereocenters. The molecule has 0 aliphatic carbocycles. The van der Waals surface area contributed by atoms with E-state index in [1.165, 1.54) is 0 Å². The molecule has 0 radical (unpaired) electrons. The second-order valence-corrected chi connectivity index (χ2v) is 8.22. The molecular formula is C21H23N3O4S. The van der Waals surface area contributed by atoms with Gasteiger partial charge in [-0.2, -0.15) is 13.5 Å². The van der Waals surface area contributed by atoms with Crippen LogP contribution in [0.5, 0.6) is 5.88 Å². The quantitative estimate of drug-likeness (QED) is 0.472. The molecule has 29 heavy (non-hydrogen) atoms. The SMILES string of the molecule is CS(=O)(=O)OCCc1ccc(CCc2ccc(OCc3ccccc3)nn2)nc1. The summed E-state index contributed by atoms with van der Waals surface area (Å²) >= 11 is 0. The molecule has 0 saturated heterocycles. The standard InChI is InChI=1S/C21H23N3O4S/c1-29(25,26)28-14-13-17-7-8-19(22-15-17)9-10-20-11-12-21(24-23-20)27-16-18-5-3-2-4-6-18/h2-8,11-12,15H,9-10,13-14,16H2,1H3. The summed E-state index contributed by atoms with van der Waals surface area (Å²) in [4.78, 5) is 4.41. The van der Waals surface area contributed by atoms with Crippen LogP contribution in [0.4, 0.5) is 0 Å². The molecule has 0 amide bonds. The van der Waals surface area contributed by atoms with Crippen molar-refractivity contribution >= 4 is 10.1 Å². The van der Waals surface area contributed by atoms with Gasteiger partial charge in [0.25, 0.3) is 10.1 Å². The fraction of sp³-hybridized carbons (Fsp3) is 0.286. The Labute approximate surface area is 170 Å². The predicted molar refractivity (Wildman–Crippen MR) is 109 cm³/mol. The first-order chi connectivity index (χ1) is 14.0. The molecule has 2 heterocycles. The van der Waals surface area contributed by atoms with Crippen molar-refractivity contribution in [2.45, 2.75) is 25.9 Å². The number of aryl methyl sites for hydroxylation is 2. The number of benzene rings is 1. The highest BCUT2D eigenvalue weighted by Gasteiger charge is 2.04. The number of ether oxygens (including phenoxy) is 1. The molecule has 0 fully saturated rings. The van der Waals surface area contributed by atoms with Gasteiger partial charge in [0.1, 0.15) is 6.61 Å². The van der Waals surface area contributed by atoms with Crippen LogP contribution in [0.3, 0.4) is 0 Å². The van der Waals surface area contributed by atoms with Crippen LogP contribution in [0.2, 0.25) is 0 Å². The molecule has 0 saturated carbocycles. The lowest BCUT2D eigenvalue weighted by Crippen LogP contribution is -2.06. The molecule has 3 aromatic rings. The Bertz CT molecular complexity index is 992. The summed E-state index contributed by atoms with van der Waals surface area (Å²) < 4.78 is 32.3. The highest BCUT2D eigenvalue weighted by Crippen LogP contribution is 2.11. The Morgan fingerprint density at radius 3 is 2.24 bits per heavy atom. The highest BCUT2D eigenvalue weighted by molar-refractivity contribution is 7.85. The molecule has 0 spiro atoms. The highest BCUT2D eigenvalue weighted by atomic mass is 32.2. The van der Waals surface area contributed by atoms with E-state index in [4.69, 9.17) is 8.92 Å². The van der Waals surface area contributed by atoms with Gasteiger partial charge in [-0.05, 0) is 42.5 Å². The fourth-order valence-electron chi connectivity index (χ4n) is 2.61. The minimum atomic E-state index is -3.41. The van der Waals surface area contributed by atoms with Crippen molar-refractivity contribution in [2.75, 3.05) is 12.9 Å². The van der Waals surface area contributed by atoms with Crippen molar-refractivity contribution in [3.8, 4) is 5.88 Å². The summed E-state index contributed by atoms with van der Waals surface area (Å²) in [5, 5.41) is 8.33. The summed E-state index contributed by atoms with van der Waals surface area (Å²) in [5.74, 6) is 0.497. The Morgan fingerprint density at radius 1 is 0.828 bits per heavy atom. The molecule has 152 valence electrons. The van der Waals surface area contributed by atoms with Crippen LogP contribution in [-0.4, -0.2) is 36.5 Å². The molecular weight excluding hydrogens is 390 g/mol. The topological polar surface area (TPSA) is 91.3 Å². The van der Waals surface area contributed by atoms with E-state index in [-0.39, 0.29) is 6.61 Å². The van der Waals surface area contributed by atoms with Crippen LogP contribution in [0.15, 0.2) is 60.8 Å². The zero-order valence-corrected chi connectivity index (χ0v) is 17.0. The number of hydrogen-bond donors (Lipinski definition) is 0. The zero-order chi connectivity index (χ0) is 20.5. The molecule has 2 aromatic heterocycles. The summed E-state index contributed by atoms with van der Waals surface area (Å²) in [6, 6.07) is 17.5. The molecule has 0 aliphatic heterocycles. The summed E-state index contributed by atoms with van der Waals surface area (Å²) in [5.41, 5.74) is 3.81. The first kappa shape index (κ1) is 20.9. The van der Waals surface area contributed by atoms with E-state index in [1.807, 2.05) is 54.6 Å². The normalized spacial score (nSPS) is 11.3. The Hall–Kier alpha value is -2.84. The minimum Gasteiger partial charge on any atom is -0.472 e. The third-order valence-electron chi connectivity index (χ3n) is 4.14. The van der Waals surface area contributed by atoms with E-state index in [0.717, 1.165) is 41.6 Å². The van der Waals surface area contributed by atoms with Crippen LogP contribution >= 0.6 is 0 Å². The maximum Gasteiger partial charge on any atom is 0.264 e. The lowest BCUT2D eigenvalue weighted by Gasteiger charge is -2.06. The largest absolute Gasteiger partial charge is 0.472 e. The van der Waals surface area contributed by atoms with Crippen molar-refractivity contribution in [3.05, 3.63) is 83.3 Å². The monoisotopic (exact) mass is 413 g/mol. The molecule has 0 aliphatic rings. The van der Waals surface area contributed by atoms with Crippen molar-refractivity contribution in [2.24, 2.45) is 0 Å². The van der Waals surface area contributed by atoms with Crippen LogP contribution in [0, 0.1) is 0 Å². The molecule has 3 rings (SSSR count). The van der Waals surface area contributed by atoms with Gasteiger partial charge in [0.05, 0.1) is 18.6 Å². The van der Waals surface area contributed by atoms with Crippen molar-refractivity contribution < 1.29 is 17.3 Å². The molecule has 0 unspecified atom stereocenters. The smallest absolute Gasteiger partial charge is 0.264 e. The summed E-state index contributed by atoms with van der Waals surface area (Å²) in [6.45, 7) is 0.578. The van der Waals surface area contributed by atoms with Crippen molar-refractivity contribution in [1.82, 2.24) is 15.2 Å². The Morgan fingerprint density at radius 2 is 1.59 bits per heavy atom. The zero-order valence-electron chi connectivity index (χ0n) is 16.2. The van der Waals surface area contributed by atoms with Crippen molar-refractivity contribution in [3.63, 3.8) is 0 Å². The Balaban J connectivity index is 1.43. The van der Waals surface area contributed by atoms with E-state index in [1.54, 1.807) is 6.20 Å². The minimum absolute atomic E-state index is 0.119. The lowest BCUT2D eigenvalue weighted by molar-refractivity contribution is 0.290. The lowest BCUT2D eigenvalue weighted by atomic mass is 10.1. The first-order valence-corrected chi connectivity index (χ1v) is 11.1. The maximum atomic E-state index is 11.0. The average Bonchev–Trinajstić information content (AvgIpc) is 2.72. The number of hydrogen-bond acceptors (Lipinski definition) is 7. The van der Waals surface area contributed by atoms with E-state index in [2.05, 4.69) is 15.2 Å². The molecule has 1 aromatic carbocycles. The number of rotatable bonds is 10. The van der Waals surface area contributed by atoms with E-state index in [9.17, 15) is 8.42 Å². The van der Waals surface area contributed by atoms with Gasteiger partial charge < -0.3 is 4.74 Å². The van der Waals surface area contributed by atoms with E-state index in [0.29, 0.717) is 18.9 Å². The molecule has 8 heteroatoms. The first-order valence-electron chi connectivity index (χ1n) is 9.25. The summed E-state index contributed by atoms with van der Waals surface area (Å²) in [7, 11) is -3.41. The van der Waals surface area contributed by atoms with Gasteiger partial charge in [0, 0.05) is 18.0 Å². The second-order valence-electron chi connectivity index (χ2n) is 6.57. The maximum absolute atomic E-state index is 11.0. The molecule has 0 bridgehead atoms. The number of nitrogens with zero attached hydrogens (tertiary/aromatic N) is 3. The Kier molecular flexibility index (Phi) is 7.26. The van der Waals surface area contributed by atoms with Gasteiger partial charge in [-0.3, -0.25) is 9.17 Å². The van der Waals surface area contributed by atoms with Gasteiger partial charge in [-0.1, -0.05) is 36.4 Å². The third kappa shape index (κ3) is 7.59. The fourth-order valence-corrected chi connectivity index (χ4v) is 2.99. The second kappa shape index (κ2) is 10.1. The third-order valence-corrected chi connectivity index (χ3v) is 4.73. The van der Waals surface area contributed by atoms with Gasteiger partial charge in [-0.25, -0.2) is 0 Å². The van der Waals surface area contributed by atoms with E-state index >= 15 is 0 Å². The van der Waals surface area contributed by atoms with Gasteiger partial charge in [0.2, 0.25) is 5.88 Å². The molecule has 0 N–H and O–H groups in total. The number of aromatic nitrogens is 3. The predicted octanol–water partition coefficient (Wildman–Crippen LogP) is 2.75. The average molecular weight is 413 g/mol. The van der Waals surface area contributed by atoms with Crippen LogP contribution in [-0.2, 0) is 40.2 Å².